The van der Waals surface area contributed by atoms with Crippen molar-refractivity contribution in [3.63, 3.8) is 0 Å². The number of rotatable bonds is 3. The Kier molecular flexibility index (Phi) is 4.53. The van der Waals surface area contributed by atoms with Crippen LogP contribution in [-0.4, -0.2) is 42.2 Å². The smallest absolute Gasteiger partial charge is 0.392 e. The van der Waals surface area contributed by atoms with Gasteiger partial charge in [0, 0.05) is 19.6 Å². The lowest BCUT2D eigenvalue weighted by molar-refractivity contribution is -0.137. The van der Waals surface area contributed by atoms with Crippen LogP contribution < -0.4 is 5.32 Å². The minimum Gasteiger partial charge on any atom is -0.392 e. The van der Waals surface area contributed by atoms with E-state index in [0.717, 1.165) is 12.1 Å². The highest BCUT2D eigenvalue weighted by atomic mass is 19.4. The molecule has 1 aliphatic heterocycles. The number of alkyl halides is 3. The number of carbonyl (C=O) groups excluding carboxylic acids is 1. The maximum atomic E-state index is 12.8. The predicted molar refractivity (Wildman–Crippen MR) is 70.4 cm³/mol. The first-order valence-corrected chi connectivity index (χ1v) is 6.61. The van der Waals surface area contributed by atoms with Crippen molar-refractivity contribution in [2.24, 2.45) is 0 Å². The van der Waals surface area contributed by atoms with Crippen LogP contribution in [0.4, 0.5) is 13.2 Å². The van der Waals surface area contributed by atoms with E-state index in [9.17, 15) is 23.1 Å². The Balaban J connectivity index is 2.24. The molecule has 116 valence electrons. The molecule has 1 heterocycles. The maximum Gasteiger partial charge on any atom is 0.416 e. The van der Waals surface area contributed by atoms with Gasteiger partial charge in [-0.1, -0.05) is 12.1 Å². The lowest BCUT2D eigenvalue weighted by Crippen LogP contribution is -2.36. The molecule has 0 saturated carbocycles. The number of halogens is 3. The Morgan fingerprint density at radius 3 is 2.81 bits per heavy atom. The Morgan fingerprint density at radius 1 is 1.48 bits per heavy atom. The van der Waals surface area contributed by atoms with Gasteiger partial charge in [-0.15, -0.1) is 0 Å². The molecule has 4 nitrogen and oxygen atoms in total. The number of likely N-dealkylation sites (tertiary alicyclic amines) is 1. The third kappa shape index (κ3) is 3.74. The van der Waals surface area contributed by atoms with Gasteiger partial charge >= 0.3 is 6.18 Å². The quantitative estimate of drug-likeness (QED) is 0.891. The van der Waals surface area contributed by atoms with Gasteiger partial charge in [-0.05, 0) is 24.1 Å². The maximum absolute atomic E-state index is 12.8. The van der Waals surface area contributed by atoms with E-state index < -0.39 is 17.8 Å². The van der Waals surface area contributed by atoms with Crippen LogP contribution in [0.1, 0.15) is 23.6 Å². The van der Waals surface area contributed by atoms with E-state index in [1.54, 1.807) is 11.0 Å². The monoisotopic (exact) mass is 302 g/mol. The van der Waals surface area contributed by atoms with Crippen molar-refractivity contribution < 1.29 is 23.1 Å². The summed E-state index contributed by atoms with van der Waals surface area (Å²) in [7, 11) is 1.49. The normalized spacial score (nSPS) is 23.3. The molecule has 0 aliphatic carbocycles. The largest absolute Gasteiger partial charge is 0.416 e. The Hall–Kier alpha value is -1.60. The van der Waals surface area contributed by atoms with E-state index in [1.165, 1.54) is 13.1 Å². The van der Waals surface area contributed by atoms with E-state index in [2.05, 4.69) is 5.32 Å². The molecule has 1 amide bonds. The number of amides is 1. The fourth-order valence-electron chi connectivity index (χ4n) is 2.59. The summed E-state index contributed by atoms with van der Waals surface area (Å²) in [6, 6.07) is 4.65. The average Bonchev–Trinajstić information content (AvgIpc) is 2.78. The number of aliphatic hydroxyl groups is 1. The van der Waals surface area contributed by atoms with Crippen LogP contribution in [0, 0.1) is 0 Å². The third-order valence-corrected chi connectivity index (χ3v) is 3.61. The summed E-state index contributed by atoms with van der Waals surface area (Å²) in [5.41, 5.74) is -0.258. The van der Waals surface area contributed by atoms with E-state index in [-0.39, 0.29) is 25.0 Å². The van der Waals surface area contributed by atoms with Crippen molar-refractivity contribution in [3.8, 4) is 0 Å². The van der Waals surface area contributed by atoms with Gasteiger partial charge in [-0.3, -0.25) is 9.69 Å². The zero-order valence-corrected chi connectivity index (χ0v) is 11.5. The molecular formula is C14H17F3N2O2. The van der Waals surface area contributed by atoms with Crippen molar-refractivity contribution in [1.82, 2.24) is 10.2 Å². The molecule has 0 aromatic heterocycles. The lowest BCUT2D eigenvalue weighted by atomic mass is 10.0. The van der Waals surface area contributed by atoms with Gasteiger partial charge in [0.2, 0.25) is 5.91 Å². The van der Waals surface area contributed by atoms with Crippen LogP contribution in [0.15, 0.2) is 24.3 Å². The molecule has 0 spiro atoms. The van der Waals surface area contributed by atoms with E-state index >= 15 is 0 Å². The van der Waals surface area contributed by atoms with Gasteiger partial charge < -0.3 is 10.4 Å². The first kappa shape index (κ1) is 15.8. The first-order valence-electron chi connectivity index (χ1n) is 6.61. The fourth-order valence-corrected chi connectivity index (χ4v) is 2.59. The molecular weight excluding hydrogens is 285 g/mol. The highest BCUT2D eigenvalue weighted by molar-refractivity contribution is 5.77. The summed E-state index contributed by atoms with van der Waals surface area (Å²) >= 11 is 0. The Morgan fingerprint density at radius 2 is 2.19 bits per heavy atom. The van der Waals surface area contributed by atoms with Gasteiger partial charge in [0.15, 0.2) is 0 Å². The highest BCUT2D eigenvalue weighted by Crippen LogP contribution is 2.35. The molecule has 21 heavy (non-hydrogen) atoms. The molecule has 1 aromatic rings. The standard InChI is InChI=1S/C14H17F3N2O2/c1-18-13(21)8-19-7-11(20)6-12(19)9-3-2-4-10(5-9)14(15,16)17/h2-5,11-12,20H,6-8H2,1H3,(H,18,21)/t11-,12+/m1/s1. The van der Waals surface area contributed by atoms with E-state index in [1.807, 2.05) is 0 Å². The number of β-amino-alcohol motifs (C(OH)–C–C–N with tert-alkyl or cyclic N) is 1. The van der Waals surface area contributed by atoms with Gasteiger partial charge in [0.25, 0.3) is 0 Å². The van der Waals surface area contributed by atoms with Crippen LogP contribution in [-0.2, 0) is 11.0 Å². The van der Waals surface area contributed by atoms with Gasteiger partial charge in [0.05, 0.1) is 18.2 Å². The second-order valence-electron chi connectivity index (χ2n) is 5.13. The van der Waals surface area contributed by atoms with Crippen LogP contribution in [0.3, 0.4) is 0 Å². The van der Waals surface area contributed by atoms with Crippen molar-refractivity contribution in [1.29, 1.82) is 0 Å². The minimum absolute atomic E-state index is 0.0501. The molecule has 2 rings (SSSR count). The topological polar surface area (TPSA) is 52.6 Å². The number of carbonyl (C=O) groups is 1. The molecule has 1 aromatic carbocycles. The average molecular weight is 302 g/mol. The lowest BCUT2D eigenvalue weighted by Gasteiger charge is -2.24. The van der Waals surface area contributed by atoms with Crippen molar-refractivity contribution in [2.45, 2.75) is 24.7 Å². The Labute approximate surface area is 120 Å². The molecule has 1 aliphatic rings. The summed E-state index contributed by atoms with van der Waals surface area (Å²) in [5.74, 6) is -0.235. The summed E-state index contributed by atoms with van der Waals surface area (Å²) in [5, 5.41) is 12.2. The minimum atomic E-state index is -4.40. The highest BCUT2D eigenvalue weighted by Gasteiger charge is 2.35. The van der Waals surface area contributed by atoms with E-state index in [0.29, 0.717) is 12.0 Å². The van der Waals surface area contributed by atoms with Crippen LogP contribution in [0.25, 0.3) is 0 Å². The zero-order valence-electron chi connectivity index (χ0n) is 11.5. The summed E-state index contributed by atoms with van der Waals surface area (Å²) in [6.45, 7) is 0.322. The van der Waals surface area contributed by atoms with Crippen LogP contribution in [0.5, 0.6) is 0 Å². The molecule has 7 heteroatoms. The van der Waals surface area contributed by atoms with Crippen molar-refractivity contribution >= 4 is 5.91 Å². The molecule has 0 bridgehead atoms. The van der Waals surface area contributed by atoms with Crippen LogP contribution >= 0.6 is 0 Å². The molecule has 1 saturated heterocycles. The van der Waals surface area contributed by atoms with Gasteiger partial charge in [-0.25, -0.2) is 0 Å². The molecule has 0 unspecified atom stereocenters. The summed E-state index contributed by atoms with van der Waals surface area (Å²) in [4.78, 5) is 13.2. The molecule has 1 fully saturated rings. The van der Waals surface area contributed by atoms with E-state index in [4.69, 9.17) is 0 Å². The van der Waals surface area contributed by atoms with Crippen molar-refractivity contribution in [3.05, 3.63) is 35.4 Å². The number of nitrogens with one attached hydrogen (secondary N) is 1. The number of aliphatic hydroxyl groups excluding tert-OH is 1. The second-order valence-corrected chi connectivity index (χ2v) is 5.13. The van der Waals surface area contributed by atoms with Gasteiger partial charge in [-0.2, -0.15) is 13.2 Å². The number of benzene rings is 1. The number of nitrogens with zero attached hydrogens (tertiary/aromatic N) is 1. The fraction of sp³-hybridized carbons (Fsp3) is 0.500. The van der Waals surface area contributed by atoms with Crippen molar-refractivity contribution in [2.75, 3.05) is 20.1 Å². The van der Waals surface area contributed by atoms with Gasteiger partial charge in [0.1, 0.15) is 0 Å². The molecule has 2 N–H and O–H groups in total. The predicted octanol–water partition coefficient (Wildman–Crippen LogP) is 1.56. The summed E-state index contributed by atoms with van der Waals surface area (Å²) < 4.78 is 38.3. The second kappa shape index (κ2) is 6.03. The number of hydrogen-bond donors (Lipinski definition) is 2. The molecule has 0 radical (unpaired) electrons. The zero-order chi connectivity index (χ0) is 15.6. The number of likely N-dealkylation sites (N-methyl/N-ethyl adjacent to an activating group) is 1. The Bertz CT molecular complexity index is 519. The molecule has 2 atom stereocenters. The summed E-state index contributed by atoms with van der Waals surface area (Å²) in [6.07, 6.45) is -4.73. The first-order chi connectivity index (χ1) is 9.81. The SMILES string of the molecule is CNC(=O)CN1C[C@H](O)C[C@H]1c1cccc(C(F)(F)F)c1. The number of hydrogen-bond acceptors (Lipinski definition) is 3. The van der Waals surface area contributed by atoms with Crippen LogP contribution in [0.2, 0.25) is 0 Å². The third-order valence-electron chi connectivity index (χ3n) is 3.61.